The number of rotatable bonds is 2. The third kappa shape index (κ3) is 2.15. The maximum Gasteiger partial charge on any atom is 0.224 e. The van der Waals surface area contributed by atoms with Crippen molar-refractivity contribution in [2.75, 3.05) is 0 Å². The van der Waals surface area contributed by atoms with Gasteiger partial charge >= 0.3 is 0 Å². The van der Waals surface area contributed by atoms with Gasteiger partial charge in [0, 0.05) is 23.8 Å². The van der Waals surface area contributed by atoms with Crippen molar-refractivity contribution in [2.45, 2.75) is 64.3 Å². The number of fused-ring (bicyclic) bond motifs is 3. The van der Waals surface area contributed by atoms with Gasteiger partial charge in [0.05, 0.1) is 0 Å². The molecule has 0 aliphatic heterocycles. The molecule has 2 heteroatoms. The maximum atomic E-state index is 13.7. The van der Waals surface area contributed by atoms with Crippen molar-refractivity contribution in [1.29, 1.82) is 0 Å². The van der Waals surface area contributed by atoms with Gasteiger partial charge in [0.2, 0.25) is 5.91 Å². The second-order valence-electron chi connectivity index (χ2n) is 10.8. The lowest BCUT2D eigenvalue weighted by Gasteiger charge is -2.46. The summed E-state index contributed by atoms with van der Waals surface area (Å²) in [5.74, 6) is 1.65. The molecule has 4 bridgehead atoms. The highest BCUT2D eigenvalue weighted by Gasteiger charge is 2.62. The predicted molar refractivity (Wildman–Crippen MR) is 116 cm³/mol. The van der Waals surface area contributed by atoms with Crippen molar-refractivity contribution in [3.63, 3.8) is 0 Å². The van der Waals surface area contributed by atoms with Gasteiger partial charge < -0.3 is 5.32 Å². The van der Waals surface area contributed by atoms with Crippen molar-refractivity contribution in [1.82, 2.24) is 5.32 Å². The highest BCUT2D eigenvalue weighted by atomic mass is 16.2. The molecule has 0 aromatic heterocycles. The molecule has 29 heavy (non-hydrogen) atoms. The van der Waals surface area contributed by atoms with Crippen molar-refractivity contribution in [3.8, 4) is 0 Å². The third-order valence-electron chi connectivity index (χ3n) is 9.75. The van der Waals surface area contributed by atoms with Crippen molar-refractivity contribution < 1.29 is 4.79 Å². The van der Waals surface area contributed by atoms with Crippen LogP contribution in [-0.4, -0.2) is 11.9 Å². The number of carbonyl (C=O) groups excluding carboxylic acids is 1. The van der Waals surface area contributed by atoms with E-state index in [0.29, 0.717) is 23.3 Å². The molecule has 0 spiro atoms. The van der Waals surface area contributed by atoms with E-state index in [1.165, 1.54) is 35.1 Å². The molecule has 0 unspecified atom stereocenters. The van der Waals surface area contributed by atoms with Crippen LogP contribution >= 0.6 is 0 Å². The molecule has 5 aliphatic rings. The van der Waals surface area contributed by atoms with Crippen molar-refractivity contribution in [2.24, 2.45) is 22.7 Å². The highest BCUT2D eigenvalue weighted by Crippen LogP contribution is 2.65. The number of carbonyl (C=O) groups is 1. The van der Waals surface area contributed by atoms with Crippen molar-refractivity contribution >= 4 is 5.91 Å². The monoisotopic (exact) mass is 385 g/mol. The standard InChI is InChI=1S/C27H31NO/c1-26(2)16-12-13-27(26,3)23(14-16)28-25(29)22-15-21-17-8-4-6-10-19(17)24(22)20-11-7-5-9-18(20)21/h4-11,16,21-24H,12-15H2,1-3H3,(H,28,29)/t16-,21?,22-,23-,24?,27-/m1/s1. The van der Waals surface area contributed by atoms with Gasteiger partial charge in [0.15, 0.2) is 0 Å². The van der Waals surface area contributed by atoms with Crippen LogP contribution in [-0.2, 0) is 4.79 Å². The molecule has 1 N–H and O–H groups in total. The highest BCUT2D eigenvalue weighted by molar-refractivity contribution is 5.83. The first-order chi connectivity index (χ1) is 13.9. The Labute approximate surface area is 174 Å². The minimum absolute atomic E-state index is 0.0515. The Morgan fingerprint density at radius 3 is 2.00 bits per heavy atom. The van der Waals surface area contributed by atoms with Gasteiger partial charge in [-0.2, -0.15) is 0 Å². The lowest BCUT2D eigenvalue weighted by Crippen LogP contribution is -2.50. The average Bonchev–Trinajstić information content (AvgIpc) is 3.07. The van der Waals surface area contributed by atoms with Gasteiger partial charge in [0.1, 0.15) is 0 Å². The van der Waals surface area contributed by atoms with Gasteiger partial charge in [-0.05, 0) is 64.7 Å². The van der Waals surface area contributed by atoms with Crippen LogP contribution in [0.5, 0.6) is 0 Å². The van der Waals surface area contributed by atoms with Crippen LogP contribution in [0.3, 0.4) is 0 Å². The first-order valence-corrected chi connectivity index (χ1v) is 11.4. The molecule has 0 radical (unpaired) electrons. The number of hydrogen-bond acceptors (Lipinski definition) is 1. The molecule has 2 nitrogen and oxygen atoms in total. The van der Waals surface area contributed by atoms with E-state index in [9.17, 15) is 4.79 Å². The number of amides is 1. The van der Waals surface area contributed by atoms with Gasteiger partial charge in [0.25, 0.3) is 0 Å². The average molecular weight is 386 g/mol. The molecule has 150 valence electrons. The molecule has 2 aromatic carbocycles. The Balaban J connectivity index is 1.34. The molecular weight excluding hydrogens is 354 g/mol. The van der Waals surface area contributed by atoms with Crippen LogP contribution in [0.4, 0.5) is 0 Å². The van der Waals surface area contributed by atoms with Crippen LogP contribution < -0.4 is 5.32 Å². The summed E-state index contributed by atoms with van der Waals surface area (Å²) in [5.41, 5.74) is 6.19. The second kappa shape index (κ2) is 5.74. The summed E-state index contributed by atoms with van der Waals surface area (Å²) in [5, 5.41) is 3.58. The summed E-state index contributed by atoms with van der Waals surface area (Å²) in [4.78, 5) is 13.7. The smallest absolute Gasteiger partial charge is 0.224 e. The van der Waals surface area contributed by atoms with E-state index < -0.39 is 0 Å². The topological polar surface area (TPSA) is 29.1 Å². The summed E-state index contributed by atoms with van der Waals surface area (Å²) >= 11 is 0. The lowest BCUT2D eigenvalue weighted by molar-refractivity contribution is -0.128. The second-order valence-corrected chi connectivity index (χ2v) is 10.8. The Kier molecular flexibility index (Phi) is 3.51. The minimum Gasteiger partial charge on any atom is -0.353 e. The number of nitrogens with one attached hydrogen (secondary N) is 1. The fourth-order valence-electron chi connectivity index (χ4n) is 7.59. The molecule has 4 atom stereocenters. The van der Waals surface area contributed by atoms with Crippen LogP contribution in [0, 0.1) is 22.7 Å². The lowest BCUT2D eigenvalue weighted by atomic mass is 9.59. The minimum atomic E-state index is 0.0515. The normalized spacial score (nSPS) is 37.8. The first kappa shape index (κ1) is 17.7. The van der Waals surface area contributed by atoms with E-state index in [4.69, 9.17) is 0 Å². The quantitative estimate of drug-likeness (QED) is 0.715. The molecule has 7 rings (SSSR count). The Morgan fingerprint density at radius 1 is 0.897 bits per heavy atom. The summed E-state index contributed by atoms with van der Waals surface area (Å²) in [7, 11) is 0. The van der Waals surface area contributed by atoms with Crippen LogP contribution in [0.25, 0.3) is 0 Å². The van der Waals surface area contributed by atoms with Crippen LogP contribution in [0.2, 0.25) is 0 Å². The zero-order chi connectivity index (χ0) is 20.0. The number of hydrogen-bond donors (Lipinski definition) is 1. The molecular formula is C27H31NO. The summed E-state index contributed by atoms with van der Waals surface area (Å²) in [6.07, 6.45) is 4.67. The molecule has 2 fully saturated rings. The van der Waals surface area contributed by atoms with E-state index in [-0.39, 0.29) is 17.3 Å². The number of benzene rings is 2. The SMILES string of the molecule is CC1(C)[C@@H]2CC[C@]1(C)[C@H](NC(=O)[C@@H]1CC3c4ccccc4C1c1ccccc13)C2. The summed E-state index contributed by atoms with van der Waals surface area (Å²) in [6, 6.07) is 18.0. The molecule has 1 amide bonds. The largest absolute Gasteiger partial charge is 0.353 e. The zero-order valence-electron chi connectivity index (χ0n) is 17.7. The Morgan fingerprint density at radius 2 is 1.48 bits per heavy atom. The molecule has 2 aromatic rings. The maximum absolute atomic E-state index is 13.7. The van der Waals surface area contributed by atoms with E-state index in [0.717, 1.165) is 18.8 Å². The van der Waals surface area contributed by atoms with Crippen LogP contribution in [0.1, 0.15) is 80.5 Å². The van der Waals surface area contributed by atoms with E-state index in [2.05, 4.69) is 74.6 Å². The molecule has 0 heterocycles. The van der Waals surface area contributed by atoms with E-state index >= 15 is 0 Å². The van der Waals surface area contributed by atoms with Gasteiger partial charge in [-0.3, -0.25) is 4.79 Å². The Bertz CT molecular complexity index is 960. The van der Waals surface area contributed by atoms with Gasteiger partial charge in [-0.15, -0.1) is 0 Å². The Hall–Kier alpha value is -2.09. The fraction of sp³-hybridized carbons (Fsp3) is 0.519. The molecule has 0 saturated heterocycles. The van der Waals surface area contributed by atoms with Gasteiger partial charge in [-0.25, -0.2) is 0 Å². The zero-order valence-corrected chi connectivity index (χ0v) is 17.7. The summed E-state index contributed by atoms with van der Waals surface area (Å²) in [6.45, 7) is 7.26. The molecule has 2 saturated carbocycles. The first-order valence-electron chi connectivity index (χ1n) is 11.4. The molecule has 5 aliphatic carbocycles. The fourth-order valence-corrected chi connectivity index (χ4v) is 7.59. The van der Waals surface area contributed by atoms with Gasteiger partial charge in [-0.1, -0.05) is 69.3 Å². The predicted octanol–water partition coefficient (Wildman–Crippen LogP) is 5.61. The van der Waals surface area contributed by atoms with E-state index in [1.807, 2.05) is 0 Å². The van der Waals surface area contributed by atoms with Crippen LogP contribution in [0.15, 0.2) is 48.5 Å². The summed E-state index contributed by atoms with van der Waals surface area (Å²) < 4.78 is 0. The van der Waals surface area contributed by atoms with E-state index in [1.54, 1.807) is 0 Å². The van der Waals surface area contributed by atoms with Crippen molar-refractivity contribution in [3.05, 3.63) is 70.8 Å². The third-order valence-corrected chi connectivity index (χ3v) is 9.75.